The SMILES string of the molecule is CC#CCOc1ccc(S(=O)(=O)NC2C3CCC(C3)C2C(=O)NO)cc1. The number of ether oxygens (including phenoxy) is 1. The second kappa shape index (κ2) is 7.66. The quantitative estimate of drug-likeness (QED) is 0.393. The van der Waals surface area contributed by atoms with E-state index in [0.29, 0.717) is 5.75 Å². The highest BCUT2D eigenvalue weighted by molar-refractivity contribution is 7.89. The van der Waals surface area contributed by atoms with Crippen molar-refractivity contribution in [2.24, 2.45) is 17.8 Å². The largest absolute Gasteiger partial charge is 0.481 e. The molecule has 1 aromatic carbocycles. The molecule has 0 aromatic heterocycles. The van der Waals surface area contributed by atoms with Crippen LogP contribution in [0.1, 0.15) is 26.2 Å². The van der Waals surface area contributed by atoms with Crippen molar-refractivity contribution in [3.05, 3.63) is 24.3 Å². The Bertz CT molecular complexity index is 825. The predicted molar refractivity (Wildman–Crippen MR) is 93.7 cm³/mol. The van der Waals surface area contributed by atoms with Gasteiger partial charge in [0.2, 0.25) is 15.9 Å². The van der Waals surface area contributed by atoms with Gasteiger partial charge in [-0.2, -0.15) is 0 Å². The van der Waals surface area contributed by atoms with Gasteiger partial charge in [0.25, 0.3) is 0 Å². The van der Waals surface area contributed by atoms with Gasteiger partial charge < -0.3 is 4.74 Å². The fraction of sp³-hybridized carbons (Fsp3) is 0.500. The van der Waals surface area contributed by atoms with Crippen molar-refractivity contribution >= 4 is 15.9 Å². The Morgan fingerprint density at radius 2 is 1.96 bits per heavy atom. The number of hydroxylamine groups is 1. The van der Waals surface area contributed by atoms with E-state index in [0.717, 1.165) is 19.3 Å². The number of carbonyl (C=O) groups is 1. The number of nitrogens with one attached hydrogen (secondary N) is 2. The van der Waals surface area contributed by atoms with Gasteiger partial charge in [0.15, 0.2) is 0 Å². The van der Waals surface area contributed by atoms with E-state index in [-0.39, 0.29) is 23.3 Å². The molecular weight excluding hydrogens is 356 g/mol. The van der Waals surface area contributed by atoms with Gasteiger partial charge >= 0.3 is 0 Å². The van der Waals surface area contributed by atoms with E-state index in [9.17, 15) is 13.2 Å². The highest BCUT2D eigenvalue weighted by Crippen LogP contribution is 2.49. The minimum atomic E-state index is -3.78. The second-order valence-corrected chi connectivity index (χ2v) is 8.38. The Labute approximate surface area is 153 Å². The molecule has 4 atom stereocenters. The smallest absolute Gasteiger partial charge is 0.248 e. The number of sulfonamides is 1. The van der Waals surface area contributed by atoms with Crippen LogP contribution in [0.15, 0.2) is 29.2 Å². The summed E-state index contributed by atoms with van der Waals surface area (Å²) in [7, 11) is -3.78. The monoisotopic (exact) mass is 378 g/mol. The number of fused-ring (bicyclic) bond motifs is 2. The molecule has 3 rings (SSSR count). The molecule has 7 nitrogen and oxygen atoms in total. The van der Waals surface area contributed by atoms with E-state index in [1.807, 2.05) is 0 Å². The average molecular weight is 378 g/mol. The van der Waals surface area contributed by atoms with Crippen LogP contribution in [0.5, 0.6) is 5.75 Å². The van der Waals surface area contributed by atoms with Crippen molar-refractivity contribution in [2.75, 3.05) is 6.61 Å². The predicted octanol–water partition coefficient (Wildman–Crippen LogP) is 1.29. The van der Waals surface area contributed by atoms with Gasteiger partial charge in [-0.1, -0.05) is 5.92 Å². The van der Waals surface area contributed by atoms with Gasteiger partial charge in [0.05, 0.1) is 10.8 Å². The third-order valence-electron chi connectivity index (χ3n) is 5.24. The summed E-state index contributed by atoms with van der Waals surface area (Å²) in [6.07, 6.45) is 2.57. The van der Waals surface area contributed by atoms with Crippen molar-refractivity contribution in [3.8, 4) is 17.6 Å². The molecule has 2 saturated carbocycles. The Morgan fingerprint density at radius 3 is 2.62 bits per heavy atom. The van der Waals surface area contributed by atoms with Crippen LogP contribution in [0, 0.1) is 29.6 Å². The van der Waals surface area contributed by atoms with E-state index in [2.05, 4.69) is 16.6 Å². The molecule has 8 heteroatoms. The van der Waals surface area contributed by atoms with Gasteiger partial charge in [-0.05, 0) is 62.3 Å². The van der Waals surface area contributed by atoms with Crippen LogP contribution in [-0.2, 0) is 14.8 Å². The zero-order valence-electron chi connectivity index (χ0n) is 14.4. The lowest BCUT2D eigenvalue weighted by Crippen LogP contribution is -2.49. The zero-order valence-corrected chi connectivity index (χ0v) is 15.3. The molecule has 0 saturated heterocycles. The third-order valence-corrected chi connectivity index (χ3v) is 6.72. The molecule has 2 aliphatic carbocycles. The molecule has 0 radical (unpaired) electrons. The van der Waals surface area contributed by atoms with E-state index >= 15 is 0 Å². The Balaban J connectivity index is 1.73. The Morgan fingerprint density at radius 1 is 1.27 bits per heavy atom. The highest BCUT2D eigenvalue weighted by atomic mass is 32.2. The molecule has 0 heterocycles. The average Bonchev–Trinajstić information content (AvgIpc) is 3.23. The molecule has 4 unspecified atom stereocenters. The first-order valence-corrected chi connectivity index (χ1v) is 10.0. The van der Waals surface area contributed by atoms with E-state index in [1.165, 1.54) is 12.1 Å². The number of amides is 1. The maximum atomic E-state index is 12.7. The molecule has 1 aromatic rings. The summed E-state index contributed by atoms with van der Waals surface area (Å²) in [5.41, 5.74) is 1.68. The van der Waals surface area contributed by atoms with Gasteiger partial charge in [0, 0.05) is 6.04 Å². The number of hydrogen-bond acceptors (Lipinski definition) is 5. The van der Waals surface area contributed by atoms with Crippen molar-refractivity contribution in [1.82, 2.24) is 10.2 Å². The van der Waals surface area contributed by atoms with Crippen LogP contribution in [0.4, 0.5) is 0 Å². The lowest BCUT2D eigenvalue weighted by molar-refractivity contribution is -0.135. The molecule has 1 amide bonds. The number of rotatable bonds is 6. The minimum absolute atomic E-state index is 0.107. The van der Waals surface area contributed by atoms with Gasteiger partial charge in [-0.15, -0.1) is 5.92 Å². The Kier molecular flexibility index (Phi) is 5.51. The molecule has 2 fully saturated rings. The minimum Gasteiger partial charge on any atom is -0.481 e. The molecule has 2 aliphatic rings. The molecule has 2 bridgehead atoms. The van der Waals surface area contributed by atoms with Crippen LogP contribution in [-0.4, -0.2) is 32.2 Å². The van der Waals surface area contributed by atoms with Gasteiger partial charge in [-0.3, -0.25) is 10.0 Å². The molecular formula is C18H22N2O5S. The zero-order chi connectivity index (χ0) is 18.7. The summed E-state index contributed by atoms with van der Waals surface area (Å²) >= 11 is 0. The molecule has 0 aliphatic heterocycles. The van der Waals surface area contributed by atoms with Crippen LogP contribution in [0.25, 0.3) is 0 Å². The van der Waals surface area contributed by atoms with Gasteiger partial charge in [-0.25, -0.2) is 18.6 Å². The van der Waals surface area contributed by atoms with E-state index in [4.69, 9.17) is 9.94 Å². The maximum absolute atomic E-state index is 12.7. The van der Waals surface area contributed by atoms with Crippen molar-refractivity contribution in [1.29, 1.82) is 0 Å². The molecule has 140 valence electrons. The summed E-state index contributed by atoms with van der Waals surface area (Å²) in [4.78, 5) is 12.1. The number of hydrogen-bond donors (Lipinski definition) is 3. The summed E-state index contributed by atoms with van der Waals surface area (Å²) in [6.45, 7) is 1.95. The van der Waals surface area contributed by atoms with Crippen molar-refractivity contribution < 1.29 is 23.2 Å². The van der Waals surface area contributed by atoms with E-state index < -0.39 is 27.9 Å². The number of benzene rings is 1. The fourth-order valence-corrected chi connectivity index (χ4v) is 5.39. The van der Waals surface area contributed by atoms with Crippen LogP contribution in [0.3, 0.4) is 0 Å². The summed E-state index contributed by atoms with van der Waals surface area (Å²) in [5, 5.41) is 8.98. The summed E-state index contributed by atoms with van der Waals surface area (Å²) < 4.78 is 33.5. The van der Waals surface area contributed by atoms with Crippen LogP contribution in [0.2, 0.25) is 0 Å². The molecule has 0 spiro atoms. The second-order valence-electron chi connectivity index (χ2n) is 6.67. The fourth-order valence-electron chi connectivity index (χ4n) is 4.07. The Hall–Kier alpha value is -2.08. The first kappa shape index (κ1) is 18.7. The van der Waals surface area contributed by atoms with E-state index in [1.54, 1.807) is 24.5 Å². The first-order chi connectivity index (χ1) is 12.5. The standard InChI is InChI=1S/C18H22N2O5S/c1-2-3-10-25-14-6-8-15(9-7-14)26(23,24)20-17-13-5-4-12(11-13)16(17)18(21)19-22/h6-9,12-13,16-17,20,22H,4-5,10-11H2,1H3,(H,19,21). The summed E-state index contributed by atoms with van der Waals surface area (Å²) in [5.74, 6) is 5.17. The maximum Gasteiger partial charge on any atom is 0.248 e. The van der Waals surface area contributed by atoms with Crippen LogP contribution >= 0.6 is 0 Å². The highest BCUT2D eigenvalue weighted by Gasteiger charge is 2.52. The van der Waals surface area contributed by atoms with Crippen LogP contribution < -0.4 is 14.9 Å². The van der Waals surface area contributed by atoms with Gasteiger partial charge in [0.1, 0.15) is 12.4 Å². The lowest BCUT2D eigenvalue weighted by atomic mass is 9.84. The normalized spacial score (nSPS) is 26.8. The molecule has 26 heavy (non-hydrogen) atoms. The summed E-state index contributed by atoms with van der Waals surface area (Å²) in [6, 6.07) is 5.58. The lowest BCUT2D eigenvalue weighted by Gasteiger charge is -2.29. The molecule has 3 N–H and O–H groups in total. The van der Waals surface area contributed by atoms with Crippen molar-refractivity contribution in [3.63, 3.8) is 0 Å². The third kappa shape index (κ3) is 3.70. The van der Waals surface area contributed by atoms with Crippen molar-refractivity contribution in [2.45, 2.75) is 37.1 Å². The number of carbonyl (C=O) groups excluding carboxylic acids is 1. The first-order valence-electron chi connectivity index (χ1n) is 8.55. The topological polar surface area (TPSA) is 105 Å².